The highest BCUT2D eigenvalue weighted by Crippen LogP contribution is 2.23. The summed E-state index contributed by atoms with van der Waals surface area (Å²) in [5.41, 5.74) is 0.265. The van der Waals surface area contributed by atoms with Crippen LogP contribution in [0.1, 0.15) is 30.9 Å². The predicted octanol–water partition coefficient (Wildman–Crippen LogP) is 1.89. The number of hydrogen-bond donors (Lipinski definition) is 1. The van der Waals surface area contributed by atoms with Crippen LogP contribution in [0.15, 0.2) is 24.3 Å². The van der Waals surface area contributed by atoms with Crippen LogP contribution in [0.2, 0.25) is 0 Å². The Morgan fingerprint density at radius 3 is 2.95 bits per heavy atom. The molecule has 0 spiro atoms. The highest BCUT2D eigenvalue weighted by molar-refractivity contribution is 5.75. The van der Waals surface area contributed by atoms with Gasteiger partial charge in [-0.2, -0.15) is 0 Å². The first-order valence-electron chi connectivity index (χ1n) is 6.88. The van der Waals surface area contributed by atoms with E-state index in [0.717, 1.165) is 19.3 Å². The summed E-state index contributed by atoms with van der Waals surface area (Å²) in [4.78, 5) is 13.6. The van der Waals surface area contributed by atoms with Crippen LogP contribution in [-0.4, -0.2) is 42.2 Å². The Balaban J connectivity index is 2.07. The zero-order valence-corrected chi connectivity index (χ0v) is 11.6. The smallest absolute Gasteiger partial charge is 0.323 e. The van der Waals surface area contributed by atoms with Gasteiger partial charge in [0.15, 0.2) is 0 Å². The van der Waals surface area contributed by atoms with E-state index in [4.69, 9.17) is 4.74 Å². The molecule has 1 aromatic carbocycles. The number of hydrogen-bond acceptors (Lipinski definition) is 4. The first-order chi connectivity index (χ1) is 9.63. The molecule has 0 aromatic heterocycles. The molecule has 0 aliphatic carbocycles. The lowest BCUT2D eigenvalue weighted by molar-refractivity contribution is -0.148. The Hall–Kier alpha value is -1.46. The fourth-order valence-electron chi connectivity index (χ4n) is 2.68. The molecular weight excluding hydrogens is 261 g/mol. The van der Waals surface area contributed by atoms with E-state index in [-0.39, 0.29) is 24.1 Å². The Bertz CT molecular complexity index is 466. The number of carbonyl (C=O) groups is 1. The number of nitrogens with zero attached hydrogens (tertiary/aromatic N) is 1. The monoisotopic (exact) mass is 281 g/mol. The van der Waals surface area contributed by atoms with E-state index in [1.807, 2.05) is 4.90 Å². The van der Waals surface area contributed by atoms with E-state index < -0.39 is 11.9 Å². The van der Waals surface area contributed by atoms with Crippen molar-refractivity contribution in [2.75, 3.05) is 20.2 Å². The fraction of sp³-hybridized carbons (Fsp3) is 0.533. The van der Waals surface area contributed by atoms with Crippen LogP contribution in [0, 0.1) is 5.82 Å². The third-order valence-corrected chi connectivity index (χ3v) is 3.76. The van der Waals surface area contributed by atoms with Gasteiger partial charge in [-0.05, 0) is 25.5 Å². The molecule has 1 aliphatic heterocycles. The molecule has 0 amide bonds. The van der Waals surface area contributed by atoms with Crippen LogP contribution in [0.25, 0.3) is 0 Å². The first-order valence-corrected chi connectivity index (χ1v) is 6.88. The Labute approximate surface area is 118 Å². The van der Waals surface area contributed by atoms with Gasteiger partial charge in [-0.3, -0.25) is 9.69 Å². The first kappa shape index (κ1) is 14.9. The standard InChI is InChI=1S/C15H20FNO3/c1-20-15(19)13-8-4-5-9-17(13)10-14(18)11-6-2-3-7-12(11)16/h2-3,6-7,13-14,18H,4-5,8-10H2,1H3. The molecule has 0 radical (unpaired) electrons. The largest absolute Gasteiger partial charge is 0.468 e. The van der Waals surface area contributed by atoms with Crippen molar-refractivity contribution in [2.45, 2.75) is 31.4 Å². The van der Waals surface area contributed by atoms with E-state index in [1.54, 1.807) is 18.2 Å². The van der Waals surface area contributed by atoms with Gasteiger partial charge in [-0.1, -0.05) is 24.6 Å². The third-order valence-electron chi connectivity index (χ3n) is 3.76. The normalized spacial score (nSPS) is 21.4. The molecule has 4 nitrogen and oxygen atoms in total. The molecule has 5 heteroatoms. The summed E-state index contributed by atoms with van der Waals surface area (Å²) in [5.74, 6) is -0.711. The third kappa shape index (κ3) is 3.35. The van der Waals surface area contributed by atoms with E-state index in [9.17, 15) is 14.3 Å². The molecule has 0 saturated carbocycles. The second-order valence-electron chi connectivity index (χ2n) is 5.07. The summed E-state index contributed by atoms with van der Waals surface area (Å²) in [6.45, 7) is 0.950. The van der Waals surface area contributed by atoms with E-state index >= 15 is 0 Å². The molecule has 1 heterocycles. The molecular formula is C15H20FNO3. The van der Waals surface area contributed by atoms with Crippen molar-refractivity contribution in [2.24, 2.45) is 0 Å². The van der Waals surface area contributed by atoms with Gasteiger partial charge in [-0.15, -0.1) is 0 Å². The number of methoxy groups -OCH3 is 1. The van der Waals surface area contributed by atoms with Crippen molar-refractivity contribution in [1.82, 2.24) is 4.90 Å². The summed E-state index contributed by atoms with van der Waals surface area (Å²) in [7, 11) is 1.36. The van der Waals surface area contributed by atoms with E-state index in [2.05, 4.69) is 0 Å². The van der Waals surface area contributed by atoms with Crippen LogP contribution < -0.4 is 0 Å². The van der Waals surface area contributed by atoms with Crippen molar-refractivity contribution in [3.8, 4) is 0 Å². The van der Waals surface area contributed by atoms with Crippen molar-refractivity contribution in [3.63, 3.8) is 0 Å². The zero-order chi connectivity index (χ0) is 14.5. The number of likely N-dealkylation sites (tertiary alicyclic amines) is 1. The quantitative estimate of drug-likeness (QED) is 0.856. The molecule has 2 unspecified atom stereocenters. The number of ether oxygens (including phenoxy) is 1. The maximum absolute atomic E-state index is 13.6. The summed E-state index contributed by atoms with van der Waals surface area (Å²) >= 11 is 0. The van der Waals surface area contributed by atoms with Gasteiger partial charge in [-0.25, -0.2) is 4.39 Å². The van der Waals surface area contributed by atoms with Gasteiger partial charge < -0.3 is 9.84 Å². The number of carbonyl (C=O) groups excluding carboxylic acids is 1. The lowest BCUT2D eigenvalue weighted by Crippen LogP contribution is -2.46. The number of β-amino-alcohol motifs (C(OH)–C–C–N with tert-alkyl or cyclic N) is 1. The Morgan fingerprint density at radius 1 is 1.50 bits per heavy atom. The summed E-state index contributed by atoms with van der Waals surface area (Å²) in [6, 6.07) is 5.83. The molecule has 2 atom stereocenters. The zero-order valence-electron chi connectivity index (χ0n) is 11.6. The van der Waals surface area contributed by atoms with Crippen molar-refractivity contribution < 1.29 is 19.0 Å². The SMILES string of the molecule is COC(=O)C1CCCCN1CC(O)c1ccccc1F. The Kier molecular flexibility index (Phi) is 5.09. The van der Waals surface area contributed by atoms with Crippen molar-refractivity contribution in [1.29, 1.82) is 0 Å². The number of piperidine rings is 1. The van der Waals surface area contributed by atoms with E-state index in [1.165, 1.54) is 13.2 Å². The summed E-state index contributed by atoms with van der Waals surface area (Å²) in [5, 5.41) is 10.2. The summed E-state index contributed by atoms with van der Waals surface area (Å²) < 4.78 is 18.4. The minimum absolute atomic E-state index is 0.237. The number of aliphatic hydroxyl groups is 1. The predicted molar refractivity (Wildman–Crippen MR) is 72.6 cm³/mol. The van der Waals surface area contributed by atoms with E-state index in [0.29, 0.717) is 6.54 Å². The van der Waals surface area contributed by atoms with Crippen molar-refractivity contribution in [3.05, 3.63) is 35.6 Å². The second-order valence-corrected chi connectivity index (χ2v) is 5.07. The van der Waals surface area contributed by atoms with Crippen LogP contribution in [0.4, 0.5) is 4.39 Å². The second kappa shape index (κ2) is 6.81. The molecule has 1 saturated heterocycles. The number of halogens is 1. The van der Waals surface area contributed by atoms with Gasteiger partial charge in [0.1, 0.15) is 11.9 Å². The summed E-state index contributed by atoms with van der Waals surface area (Å²) in [6.07, 6.45) is 1.71. The van der Waals surface area contributed by atoms with Gasteiger partial charge in [0.2, 0.25) is 0 Å². The number of benzene rings is 1. The van der Waals surface area contributed by atoms with Gasteiger partial charge in [0.05, 0.1) is 13.2 Å². The van der Waals surface area contributed by atoms with Crippen LogP contribution in [0.3, 0.4) is 0 Å². The van der Waals surface area contributed by atoms with Crippen LogP contribution in [0.5, 0.6) is 0 Å². The average molecular weight is 281 g/mol. The minimum atomic E-state index is -0.943. The topological polar surface area (TPSA) is 49.8 Å². The number of rotatable bonds is 4. The molecule has 1 fully saturated rings. The number of esters is 1. The fourth-order valence-corrected chi connectivity index (χ4v) is 2.68. The Morgan fingerprint density at radius 2 is 2.25 bits per heavy atom. The maximum atomic E-state index is 13.6. The van der Waals surface area contributed by atoms with Gasteiger partial charge in [0.25, 0.3) is 0 Å². The number of aliphatic hydroxyl groups excluding tert-OH is 1. The highest BCUT2D eigenvalue weighted by atomic mass is 19.1. The van der Waals surface area contributed by atoms with Crippen molar-refractivity contribution >= 4 is 5.97 Å². The molecule has 1 aromatic rings. The molecule has 1 N–H and O–H groups in total. The maximum Gasteiger partial charge on any atom is 0.323 e. The van der Waals surface area contributed by atoms with Gasteiger partial charge >= 0.3 is 5.97 Å². The van der Waals surface area contributed by atoms with Crippen LogP contribution in [-0.2, 0) is 9.53 Å². The molecule has 110 valence electrons. The van der Waals surface area contributed by atoms with Gasteiger partial charge in [0, 0.05) is 12.1 Å². The minimum Gasteiger partial charge on any atom is -0.468 e. The highest BCUT2D eigenvalue weighted by Gasteiger charge is 2.31. The average Bonchev–Trinajstić information content (AvgIpc) is 2.47. The van der Waals surface area contributed by atoms with Crippen LogP contribution >= 0.6 is 0 Å². The molecule has 1 aliphatic rings. The lowest BCUT2D eigenvalue weighted by Gasteiger charge is -2.35. The molecule has 20 heavy (non-hydrogen) atoms. The molecule has 0 bridgehead atoms. The lowest BCUT2D eigenvalue weighted by atomic mass is 10.00. The molecule has 2 rings (SSSR count).